The third-order valence-corrected chi connectivity index (χ3v) is 4.95. The molecule has 0 spiro atoms. The highest BCUT2D eigenvalue weighted by Crippen LogP contribution is 2.44. The average molecular weight is 236 g/mol. The Bertz CT molecular complexity index is 244. The summed E-state index contributed by atoms with van der Waals surface area (Å²) in [5.41, 5.74) is 0. The minimum atomic E-state index is 0.739. The molecule has 1 saturated heterocycles. The summed E-state index contributed by atoms with van der Waals surface area (Å²) < 4.78 is 0. The third kappa shape index (κ3) is 3.03. The maximum atomic E-state index is 3.92. The van der Waals surface area contributed by atoms with Gasteiger partial charge in [-0.25, -0.2) is 0 Å². The fourth-order valence-corrected chi connectivity index (χ4v) is 3.43. The molecular formula is C15H28N2. The lowest BCUT2D eigenvalue weighted by atomic mass is 10.0. The molecule has 1 N–H and O–H groups in total. The van der Waals surface area contributed by atoms with Crippen molar-refractivity contribution in [3.8, 4) is 0 Å². The van der Waals surface area contributed by atoms with Crippen LogP contribution in [0.15, 0.2) is 0 Å². The molecule has 3 rings (SSSR count). The van der Waals surface area contributed by atoms with Gasteiger partial charge in [-0.05, 0) is 76.8 Å². The Morgan fingerprint density at radius 2 is 1.71 bits per heavy atom. The van der Waals surface area contributed by atoms with E-state index in [-0.39, 0.29) is 0 Å². The molecule has 0 radical (unpaired) electrons. The van der Waals surface area contributed by atoms with E-state index >= 15 is 0 Å². The van der Waals surface area contributed by atoms with Gasteiger partial charge in [0, 0.05) is 18.6 Å². The van der Waals surface area contributed by atoms with E-state index in [0.717, 1.165) is 29.8 Å². The van der Waals surface area contributed by atoms with Crippen LogP contribution in [0.4, 0.5) is 0 Å². The van der Waals surface area contributed by atoms with Crippen molar-refractivity contribution in [3.05, 3.63) is 0 Å². The second-order valence-corrected chi connectivity index (χ2v) is 6.85. The van der Waals surface area contributed by atoms with Gasteiger partial charge in [0.15, 0.2) is 0 Å². The average Bonchev–Trinajstić information content (AvgIpc) is 3.20. The van der Waals surface area contributed by atoms with Crippen LogP contribution in [0.1, 0.15) is 46.0 Å². The lowest BCUT2D eigenvalue weighted by molar-refractivity contribution is 0.261. The van der Waals surface area contributed by atoms with Crippen LogP contribution in [0.25, 0.3) is 0 Å². The summed E-state index contributed by atoms with van der Waals surface area (Å²) in [6.07, 6.45) is 7.40. The van der Waals surface area contributed by atoms with Gasteiger partial charge in [-0.3, -0.25) is 0 Å². The first-order valence-electron chi connectivity index (χ1n) is 7.71. The zero-order chi connectivity index (χ0) is 11.8. The second kappa shape index (κ2) is 4.89. The molecular weight excluding hydrogens is 208 g/mol. The first-order valence-corrected chi connectivity index (χ1v) is 7.71. The van der Waals surface area contributed by atoms with Crippen LogP contribution in [0.3, 0.4) is 0 Å². The molecule has 2 saturated carbocycles. The highest BCUT2D eigenvalue weighted by Gasteiger charge is 2.41. The molecule has 2 aliphatic carbocycles. The fraction of sp³-hybridized carbons (Fsp3) is 1.00. The highest BCUT2D eigenvalue weighted by atomic mass is 15.2. The van der Waals surface area contributed by atoms with Crippen molar-refractivity contribution in [2.75, 3.05) is 19.6 Å². The molecule has 1 atom stereocenters. The number of nitrogens with one attached hydrogen (secondary N) is 1. The summed E-state index contributed by atoms with van der Waals surface area (Å²) in [5, 5.41) is 3.92. The second-order valence-electron chi connectivity index (χ2n) is 6.85. The normalized spacial score (nSPS) is 30.7. The molecule has 3 fully saturated rings. The van der Waals surface area contributed by atoms with Crippen LogP contribution in [0.5, 0.6) is 0 Å². The van der Waals surface area contributed by atoms with Crippen LogP contribution in [-0.4, -0.2) is 36.6 Å². The molecule has 2 heteroatoms. The van der Waals surface area contributed by atoms with Gasteiger partial charge in [0.25, 0.3) is 0 Å². The van der Waals surface area contributed by atoms with E-state index in [1.54, 1.807) is 0 Å². The third-order valence-electron chi connectivity index (χ3n) is 4.95. The number of hydrogen-bond donors (Lipinski definition) is 1. The van der Waals surface area contributed by atoms with Crippen molar-refractivity contribution in [2.24, 2.45) is 17.8 Å². The maximum absolute atomic E-state index is 3.92. The highest BCUT2D eigenvalue weighted by molar-refractivity contribution is 4.96. The Morgan fingerprint density at radius 1 is 1.06 bits per heavy atom. The van der Waals surface area contributed by atoms with Crippen molar-refractivity contribution in [3.63, 3.8) is 0 Å². The molecule has 98 valence electrons. The van der Waals surface area contributed by atoms with Gasteiger partial charge in [-0.2, -0.15) is 0 Å². The molecule has 0 amide bonds. The van der Waals surface area contributed by atoms with Crippen molar-refractivity contribution < 1.29 is 0 Å². The minimum Gasteiger partial charge on any atom is -0.313 e. The molecule has 0 bridgehead atoms. The van der Waals surface area contributed by atoms with E-state index in [4.69, 9.17) is 0 Å². The molecule has 0 aromatic carbocycles. The van der Waals surface area contributed by atoms with Crippen molar-refractivity contribution in [1.29, 1.82) is 0 Å². The van der Waals surface area contributed by atoms with Gasteiger partial charge in [0.2, 0.25) is 0 Å². The Balaban J connectivity index is 1.41. The Labute approximate surface area is 106 Å². The van der Waals surface area contributed by atoms with E-state index in [0.29, 0.717) is 0 Å². The lowest BCUT2D eigenvalue weighted by Gasteiger charge is -2.22. The lowest BCUT2D eigenvalue weighted by Crippen LogP contribution is -2.38. The summed E-state index contributed by atoms with van der Waals surface area (Å²) in [7, 11) is 0. The summed E-state index contributed by atoms with van der Waals surface area (Å²) >= 11 is 0. The van der Waals surface area contributed by atoms with Crippen molar-refractivity contribution in [2.45, 2.75) is 58.0 Å². The van der Waals surface area contributed by atoms with Crippen LogP contribution in [0, 0.1) is 17.8 Å². The van der Waals surface area contributed by atoms with Gasteiger partial charge in [-0.1, -0.05) is 0 Å². The van der Waals surface area contributed by atoms with E-state index in [9.17, 15) is 0 Å². The number of nitrogens with zero attached hydrogens (tertiary/aromatic N) is 1. The summed E-state index contributed by atoms with van der Waals surface area (Å²) in [5.74, 6) is 3.01. The van der Waals surface area contributed by atoms with Crippen LogP contribution in [-0.2, 0) is 0 Å². The predicted molar refractivity (Wildman–Crippen MR) is 72.1 cm³/mol. The largest absolute Gasteiger partial charge is 0.313 e. The van der Waals surface area contributed by atoms with Crippen LogP contribution >= 0.6 is 0 Å². The Kier molecular flexibility index (Phi) is 3.45. The van der Waals surface area contributed by atoms with E-state index < -0.39 is 0 Å². The minimum absolute atomic E-state index is 0.739. The standard InChI is InChI=1S/C15H28N2/c1-11(2)17-8-7-12(10-17)9-16-15(13-3-4-13)14-5-6-14/h11-16H,3-10H2,1-2H3. The van der Waals surface area contributed by atoms with E-state index in [1.165, 1.54) is 51.7 Å². The summed E-state index contributed by atoms with van der Waals surface area (Å²) in [4.78, 5) is 2.63. The van der Waals surface area contributed by atoms with E-state index in [2.05, 4.69) is 24.1 Å². The number of rotatable bonds is 6. The molecule has 1 aliphatic heterocycles. The van der Waals surface area contributed by atoms with Gasteiger partial charge >= 0.3 is 0 Å². The molecule has 3 aliphatic rings. The smallest absolute Gasteiger partial charge is 0.0124 e. The molecule has 0 aromatic heterocycles. The van der Waals surface area contributed by atoms with Gasteiger partial charge in [0.1, 0.15) is 0 Å². The molecule has 17 heavy (non-hydrogen) atoms. The summed E-state index contributed by atoms with van der Waals surface area (Å²) in [6, 6.07) is 1.63. The van der Waals surface area contributed by atoms with Crippen LogP contribution in [0.2, 0.25) is 0 Å². The Hall–Kier alpha value is -0.0800. The maximum Gasteiger partial charge on any atom is 0.0124 e. The van der Waals surface area contributed by atoms with Gasteiger partial charge < -0.3 is 10.2 Å². The number of hydrogen-bond acceptors (Lipinski definition) is 2. The fourth-order valence-electron chi connectivity index (χ4n) is 3.43. The molecule has 2 nitrogen and oxygen atoms in total. The first kappa shape index (κ1) is 12.0. The molecule has 1 heterocycles. The predicted octanol–water partition coefficient (Wildman–Crippen LogP) is 2.49. The van der Waals surface area contributed by atoms with Crippen LogP contribution < -0.4 is 5.32 Å². The quantitative estimate of drug-likeness (QED) is 0.762. The van der Waals surface area contributed by atoms with Gasteiger partial charge in [0.05, 0.1) is 0 Å². The van der Waals surface area contributed by atoms with E-state index in [1.807, 2.05) is 0 Å². The SMILES string of the molecule is CC(C)N1CCC(CNC(C2CC2)C2CC2)C1. The topological polar surface area (TPSA) is 15.3 Å². The first-order chi connectivity index (χ1) is 8.24. The number of likely N-dealkylation sites (tertiary alicyclic amines) is 1. The molecule has 1 unspecified atom stereocenters. The van der Waals surface area contributed by atoms with Gasteiger partial charge in [-0.15, -0.1) is 0 Å². The van der Waals surface area contributed by atoms with Crippen molar-refractivity contribution in [1.82, 2.24) is 10.2 Å². The zero-order valence-corrected chi connectivity index (χ0v) is 11.5. The molecule has 0 aromatic rings. The van der Waals surface area contributed by atoms with Crippen molar-refractivity contribution >= 4 is 0 Å². The monoisotopic (exact) mass is 236 g/mol. The Morgan fingerprint density at radius 3 is 2.18 bits per heavy atom. The zero-order valence-electron chi connectivity index (χ0n) is 11.5. The summed E-state index contributed by atoms with van der Waals surface area (Å²) in [6.45, 7) is 8.58.